The van der Waals surface area contributed by atoms with Crippen molar-refractivity contribution in [3.63, 3.8) is 0 Å². The first kappa shape index (κ1) is 31.6. The number of Topliss-reactive ketones (excluding diaryl/α,β-unsaturated/α-hetero) is 1. The number of nitrogens with zero attached hydrogens (tertiary/aromatic N) is 2. The lowest BCUT2D eigenvalue weighted by molar-refractivity contribution is -0.128. The number of fused-ring (bicyclic) bond motifs is 2. The molecule has 2 aromatic carbocycles. The molecule has 4 aromatic rings. The number of methoxy groups -OCH3 is 1. The summed E-state index contributed by atoms with van der Waals surface area (Å²) in [7, 11) is 1.54. The van der Waals surface area contributed by atoms with Gasteiger partial charge in [0.25, 0.3) is 0 Å². The molecule has 2 aromatic heterocycles. The monoisotopic (exact) mass is 625 g/mol. The molecule has 0 spiro atoms. The number of hydrogen-bond donors (Lipinski definition) is 2. The van der Waals surface area contributed by atoms with E-state index in [9.17, 15) is 19.1 Å². The third-order valence-corrected chi connectivity index (χ3v) is 9.67. The lowest BCUT2D eigenvalue weighted by Gasteiger charge is -2.37. The van der Waals surface area contributed by atoms with Crippen molar-refractivity contribution in [2.75, 3.05) is 13.7 Å². The minimum atomic E-state index is -1.54. The van der Waals surface area contributed by atoms with Gasteiger partial charge in [0.1, 0.15) is 46.1 Å². The van der Waals surface area contributed by atoms with Gasteiger partial charge in [-0.15, -0.1) is 0 Å². The maximum absolute atomic E-state index is 14.0. The molecule has 1 amide bonds. The lowest BCUT2D eigenvalue weighted by Crippen LogP contribution is -2.54. The van der Waals surface area contributed by atoms with Crippen molar-refractivity contribution in [1.82, 2.24) is 15.3 Å². The Hall–Kier alpha value is -4.37. The molecule has 46 heavy (non-hydrogen) atoms. The average Bonchev–Trinajstić information content (AvgIpc) is 3.40. The topological polar surface area (TPSA) is 111 Å². The highest BCUT2D eigenvalue weighted by Crippen LogP contribution is 2.46. The largest absolute Gasteiger partial charge is 0.494 e. The number of benzene rings is 2. The molecule has 2 aliphatic rings. The number of pyridine rings is 2. The van der Waals surface area contributed by atoms with E-state index in [1.165, 1.54) is 19.2 Å². The molecule has 0 bridgehead atoms. The minimum absolute atomic E-state index is 0.0270. The maximum atomic E-state index is 14.0. The number of amides is 1. The predicted molar refractivity (Wildman–Crippen MR) is 174 cm³/mol. The van der Waals surface area contributed by atoms with Gasteiger partial charge in [0, 0.05) is 40.2 Å². The molecule has 1 fully saturated rings. The number of carbonyl (C=O) groups excluding carboxylic acids is 2. The van der Waals surface area contributed by atoms with Gasteiger partial charge in [0.2, 0.25) is 5.91 Å². The highest BCUT2D eigenvalue weighted by Gasteiger charge is 2.47. The van der Waals surface area contributed by atoms with Crippen molar-refractivity contribution >= 4 is 22.6 Å². The molecular weight excluding hydrogens is 585 g/mol. The molecule has 8 nitrogen and oxygen atoms in total. The first-order chi connectivity index (χ1) is 21.9. The quantitative estimate of drug-likeness (QED) is 0.197. The van der Waals surface area contributed by atoms with Gasteiger partial charge in [-0.3, -0.25) is 14.6 Å². The Morgan fingerprint density at radius 1 is 1.09 bits per heavy atom. The summed E-state index contributed by atoms with van der Waals surface area (Å²) in [6, 6.07) is 14.7. The molecule has 6 rings (SSSR count). The summed E-state index contributed by atoms with van der Waals surface area (Å²) in [6.45, 7) is 5.65. The molecule has 9 heteroatoms. The summed E-state index contributed by atoms with van der Waals surface area (Å²) in [5.41, 5.74) is 0.120. The van der Waals surface area contributed by atoms with Crippen LogP contribution in [0.15, 0.2) is 60.8 Å². The van der Waals surface area contributed by atoms with Crippen LogP contribution < -0.4 is 14.8 Å². The number of aliphatic hydroxyl groups is 1. The first-order valence-corrected chi connectivity index (χ1v) is 15.9. The Labute approximate surface area is 268 Å². The van der Waals surface area contributed by atoms with Gasteiger partial charge in [0.05, 0.1) is 12.8 Å². The zero-order valence-electron chi connectivity index (χ0n) is 26.8. The fourth-order valence-corrected chi connectivity index (χ4v) is 6.62. The molecule has 1 aliphatic carbocycles. The van der Waals surface area contributed by atoms with Crippen molar-refractivity contribution < 1.29 is 28.6 Å². The summed E-state index contributed by atoms with van der Waals surface area (Å²) >= 11 is 0. The second-order valence-corrected chi connectivity index (χ2v) is 13.4. The zero-order valence-corrected chi connectivity index (χ0v) is 26.8. The smallest absolute Gasteiger partial charge is 0.234 e. The van der Waals surface area contributed by atoms with Crippen LogP contribution >= 0.6 is 0 Å². The predicted octanol–water partition coefficient (Wildman–Crippen LogP) is 6.80. The number of carbonyl (C=O) groups is 2. The maximum Gasteiger partial charge on any atom is 0.234 e. The van der Waals surface area contributed by atoms with Gasteiger partial charge in [-0.25, -0.2) is 9.37 Å². The molecule has 1 saturated carbocycles. The highest BCUT2D eigenvalue weighted by molar-refractivity contribution is 6.01. The molecule has 3 heterocycles. The van der Waals surface area contributed by atoms with Crippen LogP contribution in [0, 0.1) is 5.82 Å². The Kier molecular flexibility index (Phi) is 8.31. The van der Waals surface area contributed by atoms with Crippen molar-refractivity contribution in [2.24, 2.45) is 0 Å². The van der Waals surface area contributed by atoms with E-state index in [1.807, 2.05) is 13.0 Å². The van der Waals surface area contributed by atoms with Crippen LogP contribution in [-0.4, -0.2) is 46.0 Å². The molecule has 1 aliphatic heterocycles. The van der Waals surface area contributed by atoms with Crippen LogP contribution in [0.25, 0.3) is 22.2 Å². The third-order valence-electron chi connectivity index (χ3n) is 9.67. The number of hydrogen-bond acceptors (Lipinski definition) is 7. The fourth-order valence-electron chi connectivity index (χ4n) is 6.62. The Balaban J connectivity index is 1.33. The second kappa shape index (κ2) is 12.1. The summed E-state index contributed by atoms with van der Waals surface area (Å²) in [5.74, 6) is 0.224. The summed E-state index contributed by atoms with van der Waals surface area (Å²) in [5, 5.41) is 16.0. The van der Waals surface area contributed by atoms with Crippen LogP contribution in [0.2, 0.25) is 0 Å². The standard InChI is InChI=1S/C37H40FN3O5/c1-35(15-6-5-7-16-35)41-34(43)36(2)22-46-33-27(36)21-30(40-32(33)23-10-12-26(38)13-11-23)37(3,44)17-14-28(42)25-19-24-9-8-18-39-31(24)29(20-25)45-4/h8-13,18-21,44H,5-7,14-17,22H2,1-4H3,(H,41,43)/t36-,37-/m0/s1. The van der Waals surface area contributed by atoms with Gasteiger partial charge < -0.3 is 19.9 Å². The van der Waals surface area contributed by atoms with E-state index in [0.717, 1.165) is 37.5 Å². The lowest BCUT2D eigenvalue weighted by atomic mass is 9.78. The number of halogens is 1. The molecule has 2 atom stereocenters. The Morgan fingerprint density at radius 3 is 2.54 bits per heavy atom. The van der Waals surface area contributed by atoms with Crippen LogP contribution in [0.4, 0.5) is 4.39 Å². The fraction of sp³-hybridized carbons (Fsp3) is 0.405. The zero-order chi connectivity index (χ0) is 32.7. The Morgan fingerprint density at radius 2 is 1.83 bits per heavy atom. The van der Waals surface area contributed by atoms with Gasteiger partial charge in [-0.05, 0) is 88.6 Å². The molecule has 0 saturated heterocycles. The van der Waals surface area contributed by atoms with Crippen LogP contribution in [0.1, 0.15) is 87.3 Å². The number of ether oxygens (including phenoxy) is 2. The van der Waals surface area contributed by atoms with E-state index >= 15 is 0 Å². The number of rotatable bonds is 9. The second-order valence-electron chi connectivity index (χ2n) is 13.4. The van der Waals surface area contributed by atoms with Crippen LogP contribution in [-0.2, 0) is 15.8 Å². The summed E-state index contributed by atoms with van der Waals surface area (Å²) in [6.07, 6.45) is 6.87. The SMILES string of the molecule is COc1cc(C(=O)CC[C@](C)(O)c2cc3c(c(-c4ccc(F)cc4)n2)OC[C@]3(C)C(=O)NC2(C)CCCCC2)cc2cccnc12. The summed E-state index contributed by atoms with van der Waals surface area (Å²) < 4.78 is 25.6. The van der Waals surface area contributed by atoms with E-state index in [-0.39, 0.29) is 36.7 Å². The number of aromatic nitrogens is 2. The normalized spacial score (nSPS) is 20.0. The highest BCUT2D eigenvalue weighted by atomic mass is 19.1. The molecule has 240 valence electrons. The molecule has 0 unspecified atom stereocenters. The summed E-state index contributed by atoms with van der Waals surface area (Å²) in [4.78, 5) is 36.6. The van der Waals surface area contributed by atoms with E-state index in [4.69, 9.17) is 14.5 Å². The first-order valence-electron chi connectivity index (χ1n) is 15.9. The number of ketones is 1. The minimum Gasteiger partial charge on any atom is -0.494 e. The van der Waals surface area contributed by atoms with Crippen LogP contribution in [0.5, 0.6) is 11.5 Å². The van der Waals surface area contributed by atoms with Crippen molar-refractivity contribution in [1.29, 1.82) is 0 Å². The molecule has 0 radical (unpaired) electrons. The van der Waals surface area contributed by atoms with Crippen LogP contribution in [0.3, 0.4) is 0 Å². The Bertz CT molecular complexity index is 1800. The van der Waals surface area contributed by atoms with E-state index < -0.39 is 16.8 Å². The third kappa shape index (κ3) is 5.96. The van der Waals surface area contributed by atoms with Gasteiger partial charge in [0.15, 0.2) is 5.78 Å². The number of nitrogens with one attached hydrogen (secondary N) is 1. The molecular formula is C37H40FN3O5. The average molecular weight is 626 g/mol. The van der Waals surface area contributed by atoms with E-state index in [1.54, 1.807) is 49.5 Å². The van der Waals surface area contributed by atoms with Gasteiger partial charge >= 0.3 is 0 Å². The van der Waals surface area contributed by atoms with Crippen molar-refractivity contribution in [2.45, 2.75) is 82.3 Å². The van der Waals surface area contributed by atoms with Gasteiger partial charge in [-0.2, -0.15) is 0 Å². The van der Waals surface area contributed by atoms with E-state index in [2.05, 4.69) is 17.2 Å². The van der Waals surface area contributed by atoms with Crippen molar-refractivity contribution in [3.8, 4) is 22.8 Å². The van der Waals surface area contributed by atoms with E-state index in [0.29, 0.717) is 45.1 Å². The molecule has 2 N–H and O–H groups in total. The van der Waals surface area contributed by atoms with Gasteiger partial charge in [-0.1, -0.05) is 25.3 Å². The van der Waals surface area contributed by atoms with Crippen molar-refractivity contribution in [3.05, 3.63) is 83.4 Å².